The van der Waals surface area contributed by atoms with E-state index in [-0.39, 0.29) is 0 Å². The number of aryl methyl sites for hydroxylation is 1. The van der Waals surface area contributed by atoms with E-state index in [1.807, 2.05) is 42.2 Å². The molecule has 0 saturated heterocycles. The summed E-state index contributed by atoms with van der Waals surface area (Å²) < 4.78 is 3.98. The van der Waals surface area contributed by atoms with Gasteiger partial charge < -0.3 is 10.3 Å². The highest BCUT2D eigenvalue weighted by atomic mass is 15.3. The van der Waals surface area contributed by atoms with Crippen LogP contribution in [0.1, 0.15) is 5.69 Å². The first-order chi connectivity index (χ1) is 8.22. The Morgan fingerprint density at radius 2 is 2.06 bits per heavy atom. The van der Waals surface area contributed by atoms with Gasteiger partial charge in [-0.2, -0.15) is 5.10 Å². The average Bonchev–Trinajstić information content (AvgIpc) is 2.87. The van der Waals surface area contributed by atoms with Gasteiger partial charge >= 0.3 is 0 Å². The van der Waals surface area contributed by atoms with Crippen LogP contribution in [0, 0.1) is 0 Å². The highest BCUT2D eigenvalue weighted by molar-refractivity contribution is 5.83. The Hall–Kier alpha value is -2.23. The summed E-state index contributed by atoms with van der Waals surface area (Å²) in [5, 5.41) is 5.58. The zero-order valence-corrected chi connectivity index (χ0v) is 9.67. The van der Waals surface area contributed by atoms with E-state index in [4.69, 9.17) is 5.73 Å². The van der Waals surface area contributed by atoms with Crippen LogP contribution >= 0.6 is 0 Å². The number of nitrogens with two attached hydrogens (primary N) is 1. The minimum absolute atomic E-state index is 0.772. The zero-order chi connectivity index (χ0) is 11.8. The van der Waals surface area contributed by atoms with Crippen molar-refractivity contribution in [3.8, 4) is 0 Å². The first kappa shape index (κ1) is 9.96. The lowest BCUT2D eigenvalue weighted by Crippen LogP contribution is -2.00. The number of nitrogens with zero attached hydrogens (tertiary/aromatic N) is 3. The van der Waals surface area contributed by atoms with E-state index in [9.17, 15) is 0 Å². The molecule has 2 N–H and O–H groups in total. The molecule has 0 radical (unpaired) electrons. The van der Waals surface area contributed by atoms with Crippen molar-refractivity contribution in [1.29, 1.82) is 0 Å². The third-order valence-electron chi connectivity index (χ3n) is 2.90. The van der Waals surface area contributed by atoms with Gasteiger partial charge in [-0.15, -0.1) is 0 Å². The molecule has 0 atom stereocenters. The molecular formula is C13H14N4. The van der Waals surface area contributed by atoms with Crippen molar-refractivity contribution < 1.29 is 0 Å². The van der Waals surface area contributed by atoms with E-state index in [2.05, 4.69) is 21.9 Å². The van der Waals surface area contributed by atoms with Crippen LogP contribution in [0.15, 0.2) is 42.7 Å². The van der Waals surface area contributed by atoms with Gasteiger partial charge in [-0.3, -0.25) is 4.68 Å². The molecule has 0 saturated carbocycles. The third-order valence-corrected chi connectivity index (χ3v) is 2.90. The largest absolute Gasteiger partial charge is 0.399 e. The van der Waals surface area contributed by atoms with Crippen LogP contribution in [0.4, 0.5) is 5.69 Å². The number of aromatic nitrogens is 3. The molecule has 0 aliphatic rings. The molecule has 2 heterocycles. The van der Waals surface area contributed by atoms with Gasteiger partial charge in [0.05, 0.1) is 17.8 Å². The van der Waals surface area contributed by atoms with Crippen LogP contribution in [-0.2, 0) is 13.6 Å². The number of anilines is 1. The molecule has 0 unspecified atom stereocenters. The summed E-state index contributed by atoms with van der Waals surface area (Å²) in [4.78, 5) is 0. The van der Waals surface area contributed by atoms with Gasteiger partial charge in [0.1, 0.15) is 0 Å². The van der Waals surface area contributed by atoms with Gasteiger partial charge in [0.25, 0.3) is 0 Å². The smallest absolute Gasteiger partial charge is 0.0821 e. The van der Waals surface area contributed by atoms with E-state index < -0.39 is 0 Å². The first-order valence-corrected chi connectivity index (χ1v) is 5.55. The molecule has 0 aliphatic heterocycles. The van der Waals surface area contributed by atoms with Gasteiger partial charge in [0, 0.05) is 25.1 Å². The van der Waals surface area contributed by atoms with Gasteiger partial charge in [0.2, 0.25) is 0 Å². The fourth-order valence-corrected chi connectivity index (χ4v) is 2.06. The number of benzene rings is 1. The van der Waals surface area contributed by atoms with Crippen molar-refractivity contribution in [2.24, 2.45) is 7.05 Å². The Bertz CT molecular complexity index is 663. The van der Waals surface area contributed by atoms with Crippen LogP contribution in [0.3, 0.4) is 0 Å². The van der Waals surface area contributed by atoms with E-state index in [1.54, 1.807) is 0 Å². The Balaban J connectivity index is 2.03. The summed E-state index contributed by atoms with van der Waals surface area (Å²) in [6.45, 7) is 0.772. The summed E-state index contributed by atoms with van der Waals surface area (Å²) in [7, 11) is 1.93. The van der Waals surface area contributed by atoms with Gasteiger partial charge in [-0.05, 0) is 29.7 Å². The summed E-state index contributed by atoms with van der Waals surface area (Å²) >= 11 is 0. The fraction of sp³-hybridized carbons (Fsp3) is 0.154. The van der Waals surface area contributed by atoms with E-state index in [0.29, 0.717) is 0 Å². The minimum Gasteiger partial charge on any atom is -0.399 e. The van der Waals surface area contributed by atoms with Crippen molar-refractivity contribution >= 4 is 16.6 Å². The summed E-state index contributed by atoms with van der Waals surface area (Å²) in [6, 6.07) is 10.1. The first-order valence-electron chi connectivity index (χ1n) is 5.55. The second-order valence-corrected chi connectivity index (χ2v) is 4.24. The lowest BCUT2D eigenvalue weighted by atomic mass is 10.2. The van der Waals surface area contributed by atoms with Crippen molar-refractivity contribution in [2.45, 2.75) is 6.54 Å². The molecule has 1 aromatic carbocycles. The Labute approximate surface area is 99.3 Å². The van der Waals surface area contributed by atoms with Gasteiger partial charge in [-0.25, -0.2) is 0 Å². The summed E-state index contributed by atoms with van der Waals surface area (Å²) in [5.74, 6) is 0. The topological polar surface area (TPSA) is 48.8 Å². The molecular weight excluding hydrogens is 212 g/mol. The predicted octanol–water partition coefficient (Wildman–Crippen LogP) is 2.01. The SMILES string of the molecule is Cn1ccc(Cn2ccc3ccc(N)cc32)n1. The lowest BCUT2D eigenvalue weighted by molar-refractivity contribution is 0.716. The molecule has 0 aliphatic carbocycles. The maximum absolute atomic E-state index is 5.82. The van der Waals surface area contributed by atoms with Crippen molar-refractivity contribution in [3.05, 3.63) is 48.4 Å². The lowest BCUT2D eigenvalue weighted by Gasteiger charge is -2.03. The molecule has 0 spiro atoms. The van der Waals surface area contributed by atoms with Crippen LogP contribution in [-0.4, -0.2) is 14.3 Å². The summed E-state index contributed by atoms with van der Waals surface area (Å²) in [5.41, 5.74) is 8.80. The predicted molar refractivity (Wildman–Crippen MR) is 68.7 cm³/mol. The average molecular weight is 226 g/mol. The van der Waals surface area contributed by atoms with Crippen molar-refractivity contribution in [1.82, 2.24) is 14.3 Å². The second-order valence-electron chi connectivity index (χ2n) is 4.24. The van der Waals surface area contributed by atoms with Crippen LogP contribution in [0.2, 0.25) is 0 Å². The molecule has 0 amide bonds. The molecule has 3 aromatic rings. The van der Waals surface area contributed by atoms with Gasteiger partial charge in [-0.1, -0.05) is 6.07 Å². The van der Waals surface area contributed by atoms with E-state index in [1.165, 1.54) is 5.39 Å². The molecule has 4 heteroatoms. The maximum atomic E-state index is 5.82. The highest BCUT2D eigenvalue weighted by Gasteiger charge is 2.03. The summed E-state index contributed by atoms with van der Waals surface area (Å²) in [6.07, 6.45) is 4.02. The Morgan fingerprint density at radius 1 is 1.18 bits per heavy atom. The third kappa shape index (κ3) is 1.78. The van der Waals surface area contributed by atoms with Gasteiger partial charge in [0.15, 0.2) is 0 Å². The van der Waals surface area contributed by atoms with Crippen molar-refractivity contribution in [2.75, 3.05) is 5.73 Å². The molecule has 2 aromatic heterocycles. The number of rotatable bonds is 2. The minimum atomic E-state index is 0.772. The molecule has 4 nitrogen and oxygen atoms in total. The highest BCUT2D eigenvalue weighted by Crippen LogP contribution is 2.19. The van der Waals surface area contributed by atoms with Crippen LogP contribution in [0.25, 0.3) is 10.9 Å². The maximum Gasteiger partial charge on any atom is 0.0821 e. The normalized spacial score (nSPS) is 11.1. The van der Waals surface area contributed by atoms with E-state index in [0.717, 1.165) is 23.4 Å². The number of fused-ring (bicyclic) bond motifs is 1. The van der Waals surface area contributed by atoms with Crippen LogP contribution < -0.4 is 5.73 Å². The number of nitrogen functional groups attached to an aromatic ring is 1. The van der Waals surface area contributed by atoms with Crippen molar-refractivity contribution in [3.63, 3.8) is 0 Å². The monoisotopic (exact) mass is 226 g/mol. The molecule has 86 valence electrons. The number of hydrogen-bond donors (Lipinski definition) is 1. The second kappa shape index (κ2) is 3.66. The molecule has 0 bridgehead atoms. The molecule has 17 heavy (non-hydrogen) atoms. The zero-order valence-electron chi connectivity index (χ0n) is 9.67. The number of hydrogen-bond acceptors (Lipinski definition) is 2. The van der Waals surface area contributed by atoms with Crippen LogP contribution in [0.5, 0.6) is 0 Å². The quantitative estimate of drug-likeness (QED) is 0.679. The Kier molecular flexibility index (Phi) is 2.14. The van der Waals surface area contributed by atoms with E-state index >= 15 is 0 Å². The molecule has 3 rings (SSSR count). The fourth-order valence-electron chi connectivity index (χ4n) is 2.06. The standard InChI is InChI=1S/C13H14N4/c1-16-6-5-12(15-16)9-17-7-4-10-2-3-11(14)8-13(10)17/h2-8H,9,14H2,1H3. The Morgan fingerprint density at radius 3 is 2.82 bits per heavy atom. The molecule has 0 fully saturated rings.